The van der Waals surface area contributed by atoms with Crippen LogP contribution in [0.3, 0.4) is 0 Å². The maximum absolute atomic E-state index is 4.97. The summed E-state index contributed by atoms with van der Waals surface area (Å²) in [4.78, 5) is 19.7. The van der Waals surface area contributed by atoms with E-state index in [1.807, 2.05) is 36.8 Å². The van der Waals surface area contributed by atoms with Gasteiger partial charge in [0, 0.05) is 41.6 Å². The maximum Gasteiger partial charge on any atom is 0.135 e. The molecule has 0 aliphatic heterocycles. The molecule has 1 aliphatic rings. The molecule has 0 spiro atoms. The number of fused-ring (bicyclic) bond motifs is 2. The molecule has 5 heterocycles. The van der Waals surface area contributed by atoms with Gasteiger partial charge in [0.25, 0.3) is 0 Å². The largest absolute Gasteiger partial charge is 0.353 e. The minimum absolute atomic E-state index is 0.794. The summed E-state index contributed by atoms with van der Waals surface area (Å²) in [6.45, 7) is 0.830. The zero-order valence-electron chi connectivity index (χ0n) is 18.5. The molecule has 5 aromatic heterocycles. The van der Waals surface area contributed by atoms with Crippen LogP contribution in [0.2, 0.25) is 0 Å². The van der Waals surface area contributed by atoms with Gasteiger partial charge in [-0.15, -0.1) is 0 Å². The van der Waals surface area contributed by atoms with Crippen LogP contribution in [0.1, 0.15) is 17.7 Å². The molecule has 5 aromatic rings. The average molecular weight is 434 g/mol. The van der Waals surface area contributed by atoms with Crippen molar-refractivity contribution in [3.63, 3.8) is 0 Å². The van der Waals surface area contributed by atoms with Crippen molar-refractivity contribution >= 4 is 27.5 Å². The van der Waals surface area contributed by atoms with Crippen molar-refractivity contribution in [2.45, 2.75) is 13.0 Å². The van der Waals surface area contributed by atoms with Gasteiger partial charge in [-0.3, -0.25) is 15.1 Å². The van der Waals surface area contributed by atoms with Crippen LogP contribution < -0.4 is 0 Å². The van der Waals surface area contributed by atoms with E-state index >= 15 is 0 Å². The molecule has 1 aliphatic carbocycles. The summed E-state index contributed by atoms with van der Waals surface area (Å²) in [5, 5.41) is 8.80. The van der Waals surface area contributed by atoms with Crippen LogP contribution >= 0.6 is 0 Å². The Balaban J connectivity index is 1.45. The molecular formula is C26H23N7. The van der Waals surface area contributed by atoms with E-state index in [2.05, 4.69) is 74.5 Å². The number of allylic oxidation sites excluding steroid dienone is 4. The summed E-state index contributed by atoms with van der Waals surface area (Å²) >= 11 is 0. The van der Waals surface area contributed by atoms with Gasteiger partial charge in [0.2, 0.25) is 0 Å². The van der Waals surface area contributed by atoms with Gasteiger partial charge in [-0.05, 0) is 62.0 Å². The molecule has 0 unspecified atom stereocenters. The second-order valence-electron chi connectivity index (χ2n) is 8.59. The highest BCUT2D eigenvalue weighted by Crippen LogP contribution is 2.33. The molecule has 7 heteroatoms. The van der Waals surface area contributed by atoms with E-state index in [9.17, 15) is 0 Å². The summed E-state index contributed by atoms with van der Waals surface area (Å²) in [7, 11) is 4.10. The minimum atomic E-state index is 0.794. The standard InChI is InChI=1S/C26H23N7/c1-33(2)15-16-11-18(14-27-13-16)20-7-8-22-25(30-20)26(32-31-22)23-12-19-21(29-23)9-10-28-24(19)17-5-3-4-6-17/h3,5-14,29H,4,15H2,1-2H3,(H,31,32). The van der Waals surface area contributed by atoms with Gasteiger partial charge in [0.15, 0.2) is 0 Å². The first kappa shape index (κ1) is 19.6. The lowest BCUT2D eigenvalue weighted by molar-refractivity contribution is 0.402. The quantitative estimate of drug-likeness (QED) is 0.409. The van der Waals surface area contributed by atoms with E-state index in [0.29, 0.717) is 0 Å². The van der Waals surface area contributed by atoms with Crippen LogP contribution in [0.25, 0.3) is 50.2 Å². The molecule has 0 aromatic carbocycles. The molecular weight excluding hydrogens is 410 g/mol. The second kappa shape index (κ2) is 7.79. The molecule has 0 saturated heterocycles. The number of hydrogen-bond acceptors (Lipinski definition) is 5. The molecule has 0 amide bonds. The number of aromatic nitrogens is 6. The summed E-state index contributed by atoms with van der Waals surface area (Å²) < 4.78 is 0. The van der Waals surface area contributed by atoms with Gasteiger partial charge in [-0.25, -0.2) is 4.98 Å². The molecule has 0 fully saturated rings. The SMILES string of the molecule is CN(C)Cc1cncc(-c2ccc3[nH]nc(-c4cc5c(C6=CCC=C6)nccc5[nH]4)c3n2)c1. The Hall–Kier alpha value is -4.10. The second-order valence-corrected chi connectivity index (χ2v) is 8.59. The summed E-state index contributed by atoms with van der Waals surface area (Å²) in [6, 6.07) is 10.3. The van der Waals surface area contributed by atoms with E-state index < -0.39 is 0 Å². The van der Waals surface area contributed by atoms with Crippen LogP contribution in [0.15, 0.2) is 67.2 Å². The number of rotatable bonds is 5. The molecule has 6 rings (SSSR count). The van der Waals surface area contributed by atoms with Gasteiger partial charge < -0.3 is 9.88 Å². The third-order valence-corrected chi connectivity index (χ3v) is 5.85. The highest BCUT2D eigenvalue weighted by Gasteiger charge is 2.16. The molecule has 2 N–H and O–H groups in total. The van der Waals surface area contributed by atoms with Crippen molar-refractivity contribution in [3.05, 3.63) is 78.4 Å². The summed E-state index contributed by atoms with van der Waals surface area (Å²) in [6.07, 6.45) is 13.0. The van der Waals surface area contributed by atoms with E-state index in [4.69, 9.17) is 4.98 Å². The van der Waals surface area contributed by atoms with Gasteiger partial charge >= 0.3 is 0 Å². The Morgan fingerprint density at radius 1 is 1.03 bits per heavy atom. The molecule has 162 valence electrons. The van der Waals surface area contributed by atoms with Crippen molar-refractivity contribution in [1.29, 1.82) is 0 Å². The van der Waals surface area contributed by atoms with Gasteiger partial charge in [-0.1, -0.05) is 18.2 Å². The molecule has 0 atom stereocenters. The fourth-order valence-corrected chi connectivity index (χ4v) is 4.37. The van der Waals surface area contributed by atoms with Crippen LogP contribution in [0.5, 0.6) is 0 Å². The first-order chi connectivity index (χ1) is 16.2. The third-order valence-electron chi connectivity index (χ3n) is 5.85. The number of aromatic amines is 2. The van der Waals surface area contributed by atoms with Crippen molar-refractivity contribution in [3.8, 4) is 22.6 Å². The lowest BCUT2D eigenvalue weighted by atomic mass is 10.1. The van der Waals surface area contributed by atoms with Crippen LogP contribution in [0, 0.1) is 0 Å². The van der Waals surface area contributed by atoms with Crippen LogP contribution in [-0.4, -0.2) is 49.1 Å². The lowest BCUT2D eigenvalue weighted by Gasteiger charge is -2.10. The molecule has 0 bridgehead atoms. The average Bonchev–Trinajstić information content (AvgIpc) is 3.57. The Labute approximate surface area is 190 Å². The number of nitrogens with one attached hydrogen (secondary N) is 2. The Kier molecular flexibility index (Phi) is 4.62. The normalized spacial score (nSPS) is 13.5. The van der Waals surface area contributed by atoms with E-state index in [1.165, 1.54) is 0 Å². The Morgan fingerprint density at radius 2 is 1.97 bits per heavy atom. The summed E-state index contributed by atoms with van der Waals surface area (Å²) in [5.74, 6) is 0. The van der Waals surface area contributed by atoms with E-state index in [-0.39, 0.29) is 0 Å². The van der Waals surface area contributed by atoms with Crippen molar-refractivity contribution in [2.75, 3.05) is 14.1 Å². The zero-order valence-corrected chi connectivity index (χ0v) is 18.5. The van der Waals surface area contributed by atoms with Crippen LogP contribution in [-0.2, 0) is 6.54 Å². The highest BCUT2D eigenvalue weighted by atomic mass is 15.1. The lowest BCUT2D eigenvalue weighted by Crippen LogP contribution is -2.10. The maximum atomic E-state index is 4.97. The Morgan fingerprint density at radius 3 is 2.82 bits per heavy atom. The van der Waals surface area contributed by atoms with Crippen molar-refractivity contribution in [2.24, 2.45) is 0 Å². The number of hydrogen-bond donors (Lipinski definition) is 2. The molecule has 7 nitrogen and oxygen atoms in total. The topological polar surface area (TPSA) is 86.4 Å². The Bertz CT molecular complexity index is 1550. The first-order valence-corrected chi connectivity index (χ1v) is 10.9. The predicted octanol–water partition coefficient (Wildman–Crippen LogP) is 4.97. The van der Waals surface area contributed by atoms with E-state index in [0.717, 1.165) is 74.4 Å². The van der Waals surface area contributed by atoms with Gasteiger partial charge in [-0.2, -0.15) is 5.10 Å². The number of nitrogens with zero attached hydrogens (tertiary/aromatic N) is 5. The first-order valence-electron chi connectivity index (χ1n) is 10.9. The minimum Gasteiger partial charge on any atom is -0.353 e. The highest BCUT2D eigenvalue weighted by molar-refractivity contribution is 5.99. The van der Waals surface area contributed by atoms with Gasteiger partial charge in [0.05, 0.1) is 22.6 Å². The summed E-state index contributed by atoms with van der Waals surface area (Å²) in [5.41, 5.74) is 9.62. The zero-order chi connectivity index (χ0) is 22.4. The number of pyridine rings is 3. The third kappa shape index (κ3) is 3.52. The molecule has 33 heavy (non-hydrogen) atoms. The monoisotopic (exact) mass is 433 g/mol. The fraction of sp³-hybridized carbons (Fsp3) is 0.154. The number of H-pyrrole nitrogens is 2. The fourth-order valence-electron chi connectivity index (χ4n) is 4.37. The molecule has 0 saturated carbocycles. The molecule has 0 radical (unpaired) electrons. The smallest absolute Gasteiger partial charge is 0.135 e. The van der Waals surface area contributed by atoms with Crippen LogP contribution in [0.4, 0.5) is 0 Å². The van der Waals surface area contributed by atoms with E-state index in [1.54, 1.807) is 0 Å². The van der Waals surface area contributed by atoms with Crippen molar-refractivity contribution in [1.82, 2.24) is 35.0 Å². The predicted molar refractivity (Wildman–Crippen MR) is 131 cm³/mol. The van der Waals surface area contributed by atoms with Crippen molar-refractivity contribution < 1.29 is 0 Å². The van der Waals surface area contributed by atoms with Gasteiger partial charge in [0.1, 0.15) is 11.2 Å².